The number of hydrogen-bond donors (Lipinski definition) is 2. The van der Waals surface area contributed by atoms with E-state index in [4.69, 9.17) is 12.2 Å². The Morgan fingerprint density at radius 2 is 1.89 bits per heavy atom. The highest BCUT2D eigenvalue weighted by Gasteiger charge is 2.41. The predicted molar refractivity (Wildman–Crippen MR) is 137 cm³/mol. The molecule has 35 heavy (non-hydrogen) atoms. The number of benzene rings is 1. The molecule has 1 aliphatic rings. The maximum Gasteiger partial charge on any atom is 0.337 e. The highest BCUT2D eigenvalue weighted by atomic mass is 32.1. The molecular weight excluding hydrogens is 458 g/mol. The maximum atomic E-state index is 12.0. The predicted octanol–water partition coefficient (Wildman–Crippen LogP) is 4.76. The van der Waals surface area contributed by atoms with Gasteiger partial charge in [-0.3, -0.25) is 9.97 Å². The molecule has 0 aliphatic carbocycles. The summed E-state index contributed by atoms with van der Waals surface area (Å²) in [6.07, 6.45) is 5.39. The molecule has 0 radical (unpaired) electrons. The van der Waals surface area contributed by atoms with Crippen molar-refractivity contribution < 1.29 is 9.90 Å². The van der Waals surface area contributed by atoms with Crippen LogP contribution < -0.4 is 5.32 Å². The third kappa shape index (κ3) is 4.17. The van der Waals surface area contributed by atoms with Crippen LogP contribution in [0.5, 0.6) is 0 Å². The minimum atomic E-state index is -0.956. The summed E-state index contributed by atoms with van der Waals surface area (Å²) >= 11 is 5.81. The Labute approximate surface area is 209 Å². The fourth-order valence-corrected chi connectivity index (χ4v) is 5.22. The number of aromatic nitrogens is 3. The van der Waals surface area contributed by atoms with Crippen molar-refractivity contribution >= 4 is 23.3 Å². The minimum absolute atomic E-state index is 0.144. The van der Waals surface area contributed by atoms with Crippen molar-refractivity contribution in [2.75, 3.05) is 0 Å². The first-order chi connectivity index (χ1) is 17.0. The van der Waals surface area contributed by atoms with Crippen LogP contribution >= 0.6 is 12.2 Å². The maximum absolute atomic E-state index is 12.0. The molecule has 0 bridgehead atoms. The van der Waals surface area contributed by atoms with E-state index in [1.807, 2.05) is 67.1 Å². The van der Waals surface area contributed by atoms with E-state index < -0.39 is 5.97 Å². The first-order valence-corrected chi connectivity index (χ1v) is 11.7. The number of nitrogens with zero attached hydrogens (tertiary/aromatic N) is 4. The van der Waals surface area contributed by atoms with E-state index in [1.54, 1.807) is 24.5 Å². The van der Waals surface area contributed by atoms with Gasteiger partial charge >= 0.3 is 5.97 Å². The lowest BCUT2D eigenvalue weighted by Crippen LogP contribution is -2.29. The average molecular weight is 484 g/mol. The van der Waals surface area contributed by atoms with Crippen LogP contribution in [-0.2, 0) is 6.54 Å². The highest BCUT2D eigenvalue weighted by Crippen LogP contribution is 2.42. The average Bonchev–Trinajstić information content (AvgIpc) is 3.35. The topological polar surface area (TPSA) is 83.3 Å². The number of para-hydroxylation sites is 1. The van der Waals surface area contributed by atoms with Gasteiger partial charge in [-0.1, -0.05) is 24.3 Å². The van der Waals surface area contributed by atoms with E-state index in [1.165, 1.54) is 0 Å². The molecule has 0 amide bonds. The van der Waals surface area contributed by atoms with E-state index in [2.05, 4.69) is 26.3 Å². The third-order valence-electron chi connectivity index (χ3n) is 6.44. The Hall–Kier alpha value is -4.04. The quantitative estimate of drug-likeness (QED) is 0.383. The van der Waals surface area contributed by atoms with E-state index >= 15 is 0 Å². The number of thiocarbonyl (C=S) groups is 1. The lowest BCUT2D eigenvalue weighted by Gasteiger charge is -2.28. The number of aromatic carboxylic acids is 1. The number of rotatable bonds is 6. The molecule has 4 aromatic rings. The molecule has 2 N–H and O–H groups in total. The van der Waals surface area contributed by atoms with Gasteiger partial charge in [0.05, 0.1) is 29.0 Å². The Morgan fingerprint density at radius 1 is 1.09 bits per heavy atom. The van der Waals surface area contributed by atoms with Crippen LogP contribution in [0, 0.1) is 13.8 Å². The first-order valence-electron chi connectivity index (χ1n) is 11.3. The molecule has 7 nitrogen and oxygen atoms in total. The van der Waals surface area contributed by atoms with E-state index in [-0.39, 0.29) is 17.6 Å². The zero-order valence-electron chi connectivity index (χ0n) is 19.4. The largest absolute Gasteiger partial charge is 0.478 e. The summed E-state index contributed by atoms with van der Waals surface area (Å²) in [5, 5.41) is 13.9. The fraction of sp³-hybridized carbons (Fsp3) is 0.185. The van der Waals surface area contributed by atoms with E-state index in [0.29, 0.717) is 17.3 Å². The van der Waals surface area contributed by atoms with Crippen LogP contribution in [0.4, 0.5) is 0 Å². The molecule has 1 fully saturated rings. The lowest BCUT2D eigenvalue weighted by atomic mass is 9.96. The highest BCUT2D eigenvalue weighted by molar-refractivity contribution is 7.80. The number of hydrogen-bond acceptors (Lipinski definition) is 4. The number of carboxylic acids is 1. The summed E-state index contributed by atoms with van der Waals surface area (Å²) in [7, 11) is 0. The second-order valence-corrected chi connectivity index (χ2v) is 8.99. The molecule has 4 heterocycles. The van der Waals surface area contributed by atoms with Gasteiger partial charge in [-0.2, -0.15) is 0 Å². The molecule has 176 valence electrons. The van der Waals surface area contributed by atoms with Gasteiger partial charge < -0.3 is 19.9 Å². The Kier molecular flexibility index (Phi) is 6.05. The van der Waals surface area contributed by atoms with Crippen molar-refractivity contribution in [3.05, 3.63) is 113 Å². The zero-order chi connectivity index (χ0) is 24.5. The van der Waals surface area contributed by atoms with Gasteiger partial charge in [0.2, 0.25) is 0 Å². The second kappa shape index (κ2) is 9.31. The Morgan fingerprint density at radius 3 is 2.60 bits per heavy atom. The van der Waals surface area contributed by atoms with E-state index in [0.717, 1.165) is 28.2 Å². The van der Waals surface area contributed by atoms with Crippen molar-refractivity contribution in [1.29, 1.82) is 0 Å². The van der Waals surface area contributed by atoms with Gasteiger partial charge in [0.1, 0.15) is 0 Å². The van der Waals surface area contributed by atoms with Crippen LogP contribution in [-0.4, -0.2) is 35.6 Å². The monoisotopic (exact) mass is 483 g/mol. The molecule has 3 aromatic heterocycles. The molecule has 1 saturated heterocycles. The summed E-state index contributed by atoms with van der Waals surface area (Å²) in [5.74, 6) is -0.956. The van der Waals surface area contributed by atoms with Crippen molar-refractivity contribution in [3.8, 4) is 5.69 Å². The molecule has 2 atom stereocenters. The van der Waals surface area contributed by atoms with Crippen molar-refractivity contribution in [1.82, 2.24) is 24.8 Å². The van der Waals surface area contributed by atoms with Crippen LogP contribution in [0.15, 0.2) is 79.3 Å². The molecule has 0 saturated carbocycles. The molecule has 5 rings (SSSR count). The van der Waals surface area contributed by atoms with Gasteiger partial charge in [-0.05, 0) is 73.6 Å². The molecule has 0 unspecified atom stereocenters. The van der Waals surface area contributed by atoms with Crippen molar-refractivity contribution in [2.45, 2.75) is 32.5 Å². The zero-order valence-corrected chi connectivity index (χ0v) is 20.2. The molecular formula is C27H25N5O2S. The standard InChI is InChI=1S/C27H25N5O2S/c1-17-14-21(18(2)32(17)23-11-4-3-9-20(23)26(33)34)25-24(22-10-5-6-13-29-22)30-27(35)31(25)16-19-8-7-12-28-15-19/h3-15,24-25H,16H2,1-2H3,(H,30,35)(H,33,34)/t24-,25-/m1/s1. The molecule has 1 aliphatic heterocycles. The normalized spacial score (nSPS) is 17.4. The first kappa shape index (κ1) is 22.7. The van der Waals surface area contributed by atoms with Crippen LogP contribution in [0.1, 0.15) is 50.7 Å². The second-order valence-electron chi connectivity index (χ2n) is 8.60. The Balaban J connectivity index is 1.65. The lowest BCUT2D eigenvalue weighted by molar-refractivity contribution is 0.0697. The third-order valence-corrected chi connectivity index (χ3v) is 6.79. The molecule has 0 spiro atoms. The number of carbonyl (C=O) groups is 1. The molecule has 1 aromatic carbocycles. The van der Waals surface area contributed by atoms with Gasteiger partial charge in [0.25, 0.3) is 0 Å². The number of nitrogens with one attached hydrogen (secondary N) is 1. The SMILES string of the molecule is Cc1cc([C@@H]2[C@@H](c3ccccn3)NC(=S)N2Cc2cccnc2)c(C)n1-c1ccccc1C(=O)O. The summed E-state index contributed by atoms with van der Waals surface area (Å²) in [6, 6.07) is 18.7. The van der Waals surface area contributed by atoms with Gasteiger partial charge in [-0.15, -0.1) is 0 Å². The van der Waals surface area contributed by atoms with Crippen LogP contribution in [0.2, 0.25) is 0 Å². The van der Waals surface area contributed by atoms with Gasteiger partial charge in [-0.25, -0.2) is 4.79 Å². The fourth-order valence-electron chi connectivity index (χ4n) is 4.91. The number of carboxylic acid groups (broad SMARTS) is 1. The summed E-state index contributed by atoms with van der Waals surface area (Å²) in [5.41, 5.74) is 5.82. The smallest absolute Gasteiger partial charge is 0.337 e. The molecule has 8 heteroatoms. The number of pyridine rings is 2. The Bertz CT molecular complexity index is 1390. The van der Waals surface area contributed by atoms with Crippen LogP contribution in [0.3, 0.4) is 0 Å². The van der Waals surface area contributed by atoms with Crippen molar-refractivity contribution in [2.24, 2.45) is 0 Å². The van der Waals surface area contributed by atoms with Gasteiger partial charge in [0, 0.05) is 36.5 Å². The van der Waals surface area contributed by atoms with Gasteiger partial charge in [0.15, 0.2) is 5.11 Å². The summed E-state index contributed by atoms with van der Waals surface area (Å²) in [4.78, 5) is 23.0. The minimum Gasteiger partial charge on any atom is -0.478 e. The number of aryl methyl sites for hydroxylation is 1. The van der Waals surface area contributed by atoms with Crippen molar-refractivity contribution in [3.63, 3.8) is 0 Å². The summed E-state index contributed by atoms with van der Waals surface area (Å²) < 4.78 is 2.01. The van der Waals surface area contributed by atoms with E-state index in [9.17, 15) is 9.90 Å². The van der Waals surface area contributed by atoms with Crippen LogP contribution in [0.25, 0.3) is 5.69 Å². The summed E-state index contributed by atoms with van der Waals surface area (Å²) in [6.45, 7) is 4.61.